The molecule has 1 aromatic carbocycles. The molecule has 24 heavy (non-hydrogen) atoms. The van der Waals surface area contributed by atoms with E-state index in [1.165, 1.54) is 5.56 Å². The van der Waals surface area contributed by atoms with Gasteiger partial charge in [0.05, 0.1) is 6.10 Å². The Morgan fingerprint density at radius 2 is 2.08 bits per heavy atom. The second kappa shape index (κ2) is 6.98. The van der Waals surface area contributed by atoms with Gasteiger partial charge >= 0.3 is 0 Å². The highest BCUT2D eigenvalue weighted by Gasteiger charge is 2.46. The van der Waals surface area contributed by atoms with Gasteiger partial charge in [-0.05, 0) is 50.8 Å². The third kappa shape index (κ3) is 3.90. The van der Waals surface area contributed by atoms with Crippen LogP contribution in [-0.2, 0) is 20.8 Å². The van der Waals surface area contributed by atoms with Crippen LogP contribution < -0.4 is 0 Å². The molecule has 0 bridgehead atoms. The zero-order valence-electron chi connectivity index (χ0n) is 14.4. The van der Waals surface area contributed by atoms with Crippen LogP contribution in [-0.4, -0.2) is 35.3 Å². The largest absolute Gasteiger partial charge is 0.344 e. The predicted octanol–water partition coefficient (Wildman–Crippen LogP) is 3.96. The zero-order valence-corrected chi connectivity index (χ0v) is 16.0. The van der Waals surface area contributed by atoms with Crippen molar-refractivity contribution in [3.8, 4) is 0 Å². The van der Waals surface area contributed by atoms with Gasteiger partial charge in [-0.1, -0.05) is 40.2 Å². The van der Waals surface area contributed by atoms with Crippen molar-refractivity contribution in [1.82, 2.24) is 4.90 Å². The molecule has 1 amide bonds. The van der Waals surface area contributed by atoms with Crippen molar-refractivity contribution in [2.24, 2.45) is 0 Å². The normalized spacial score (nSPS) is 26.7. The van der Waals surface area contributed by atoms with Crippen LogP contribution in [0.2, 0.25) is 0 Å². The Morgan fingerprint density at radius 1 is 1.29 bits per heavy atom. The van der Waals surface area contributed by atoms with Crippen molar-refractivity contribution in [2.45, 2.75) is 58.2 Å². The minimum absolute atomic E-state index is 0.0155. The maximum atomic E-state index is 13.1. The van der Waals surface area contributed by atoms with Gasteiger partial charge in [0.1, 0.15) is 0 Å². The quantitative estimate of drug-likeness (QED) is 0.713. The first-order valence-electron chi connectivity index (χ1n) is 8.40. The fraction of sp³-hybridized carbons (Fsp3) is 0.526. The lowest BCUT2D eigenvalue weighted by molar-refractivity contribution is -0.162. The van der Waals surface area contributed by atoms with Crippen LogP contribution in [0.3, 0.4) is 0 Å². The molecule has 2 aliphatic heterocycles. The van der Waals surface area contributed by atoms with E-state index in [2.05, 4.69) is 53.2 Å². The number of benzene rings is 1. The van der Waals surface area contributed by atoms with Gasteiger partial charge < -0.3 is 14.4 Å². The van der Waals surface area contributed by atoms with Crippen LogP contribution >= 0.6 is 15.9 Å². The number of carbonyl (C=O) groups excluding carboxylic acids is 1. The summed E-state index contributed by atoms with van der Waals surface area (Å²) >= 11 is 3.61. The van der Waals surface area contributed by atoms with Crippen molar-refractivity contribution >= 4 is 21.8 Å². The molecule has 1 saturated heterocycles. The predicted molar refractivity (Wildman–Crippen MR) is 96.5 cm³/mol. The number of rotatable bonds is 2. The van der Waals surface area contributed by atoms with Crippen LogP contribution in [0.15, 0.2) is 34.8 Å². The van der Waals surface area contributed by atoms with Gasteiger partial charge in [-0.25, -0.2) is 0 Å². The van der Waals surface area contributed by atoms with E-state index in [1.807, 2.05) is 18.7 Å². The molecule has 130 valence electrons. The summed E-state index contributed by atoms with van der Waals surface area (Å²) in [6.45, 7) is 7.04. The summed E-state index contributed by atoms with van der Waals surface area (Å²) in [5.41, 5.74) is 2.30. The first kappa shape index (κ1) is 17.6. The average Bonchev–Trinajstić information content (AvgIpc) is 2.83. The summed E-state index contributed by atoms with van der Waals surface area (Å²) in [5, 5.41) is 0. The molecule has 0 aromatic heterocycles. The Morgan fingerprint density at radius 3 is 2.83 bits per heavy atom. The average molecular weight is 394 g/mol. The Bertz CT molecular complexity index is 656. The van der Waals surface area contributed by atoms with Gasteiger partial charge in [-0.15, -0.1) is 0 Å². The highest BCUT2D eigenvalue weighted by Crippen LogP contribution is 2.32. The number of halogens is 1. The molecule has 4 nitrogen and oxygen atoms in total. The highest BCUT2D eigenvalue weighted by molar-refractivity contribution is 9.10. The molecule has 2 heterocycles. The molecule has 2 atom stereocenters. The second-order valence-electron chi connectivity index (χ2n) is 6.95. The Kier molecular flexibility index (Phi) is 5.13. The molecular formula is C19H24BrNO3. The van der Waals surface area contributed by atoms with Crippen molar-refractivity contribution in [2.75, 3.05) is 6.54 Å². The SMILES string of the molecule is Cc1ccc(CN2CCC=CC[C@H]3OC(C)(C)O[C@@H]3C2=O)c(Br)c1. The van der Waals surface area contributed by atoms with E-state index in [4.69, 9.17) is 9.47 Å². The van der Waals surface area contributed by atoms with Crippen molar-refractivity contribution in [3.63, 3.8) is 0 Å². The molecule has 0 unspecified atom stereocenters. The molecule has 1 fully saturated rings. The van der Waals surface area contributed by atoms with E-state index in [0.717, 1.165) is 16.5 Å². The molecule has 0 N–H and O–H groups in total. The van der Waals surface area contributed by atoms with Crippen molar-refractivity contribution in [3.05, 3.63) is 46.0 Å². The Labute approximate surface area is 151 Å². The third-order valence-electron chi connectivity index (χ3n) is 4.41. The van der Waals surface area contributed by atoms with Crippen LogP contribution in [0.25, 0.3) is 0 Å². The molecular weight excluding hydrogens is 370 g/mol. The standard InChI is InChI=1S/C19H24BrNO3/c1-13-8-9-14(15(20)11-13)12-21-10-6-4-5-7-16-17(18(21)22)24-19(2,3)23-16/h4-5,8-9,11,16-17H,6-7,10,12H2,1-3H3/t16-,17+/m1/s1. The van der Waals surface area contributed by atoms with Gasteiger partial charge in [-0.3, -0.25) is 4.79 Å². The number of hydrogen-bond donors (Lipinski definition) is 0. The molecule has 0 spiro atoms. The topological polar surface area (TPSA) is 38.8 Å². The van der Waals surface area contributed by atoms with E-state index in [-0.39, 0.29) is 12.0 Å². The van der Waals surface area contributed by atoms with Crippen LogP contribution in [0, 0.1) is 6.92 Å². The van der Waals surface area contributed by atoms with Gasteiger partial charge in [0.15, 0.2) is 11.9 Å². The van der Waals surface area contributed by atoms with Crippen LogP contribution in [0.1, 0.15) is 37.8 Å². The Hall–Kier alpha value is -1.17. The molecule has 1 aromatic rings. The number of hydrogen-bond acceptors (Lipinski definition) is 3. The molecule has 0 aliphatic carbocycles. The summed E-state index contributed by atoms with van der Waals surface area (Å²) in [4.78, 5) is 15.0. The van der Waals surface area contributed by atoms with E-state index in [9.17, 15) is 4.79 Å². The van der Waals surface area contributed by atoms with Crippen molar-refractivity contribution in [1.29, 1.82) is 0 Å². The van der Waals surface area contributed by atoms with Gasteiger partial charge in [0.2, 0.25) is 0 Å². The van der Waals surface area contributed by atoms with Crippen LogP contribution in [0.4, 0.5) is 0 Å². The monoisotopic (exact) mass is 393 g/mol. The third-order valence-corrected chi connectivity index (χ3v) is 5.15. The lowest BCUT2D eigenvalue weighted by Crippen LogP contribution is -2.43. The second-order valence-corrected chi connectivity index (χ2v) is 7.80. The maximum absolute atomic E-state index is 13.1. The highest BCUT2D eigenvalue weighted by atomic mass is 79.9. The smallest absolute Gasteiger partial charge is 0.254 e. The summed E-state index contributed by atoms with van der Waals surface area (Å²) in [6.07, 6.45) is 5.03. The minimum Gasteiger partial charge on any atom is -0.344 e. The fourth-order valence-corrected chi connectivity index (χ4v) is 3.85. The lowest BCUT2D eigenvalue weighted by atomic mass is 10.1. The number of nitrogens with zero attached hydrogens (tertiary/aromatic N) is 1. The molecule has 2 aliphatic rings. The first-order valence-corrected chi connectivity index (χ1v) is 9.19. The van der Waals surface area contributed by atoms with Crippen molar-refractivity contribution < 1.29 is 14.3 Å². The summed E-state index contributed by atoms with van der Waals surface area (Å²) in [6, 6.07) is 6.22. The summed E-state index contributed by atoms with van der Waals surface area (Å²) in [7, 11) is 0. The first-order chi connectivity index (χ1) is 11.4. The van der Waals surface area contributed by atoms with E-state index >= 15 is 0 Å². The summed E-state index contributed by atoms with van der Waals surface area (Å²) < 4.78 is 12.9. The van der Waals surface area contributed by atoms with Gasteiger partial charge in [0, 0.05) is 17.6 Å². The van der Waals surface area contributed by atoms with Gasteiger partial charge in [0.25, 0.3) is 5.91 Å². The molecule has 0 saturated carbocycles. The minimum atomic E-state index is -0.714. The van der Waals surface area contributed by atoms with E-state index in [0.29, 0.717) is 19.5 Å². The fourth-order valence-electron chi connectivity index (χ4n) is 3.23. The zero-order chi connectivity index (χ0) is 17.3. The lowest BCUT2D eigenvalue weighted by Gasteiger charge is -2.26. The number of fused-ring (bicyclic) bond motifs is 1. The number of ether oxygens (including phenoxy) is 2. The number of amides is 1. The van der Waals surface area contributed by atoms with E-state index in [1.54, 1.807) is 0 Å². The van der Waals surface area contributed by atoms with Crippen LogP contribution in [0.5, 0.6) is 0 Å². The molecule has 0 radical (unpaired) electrons. The number of carbonyl (C=O) groups is 1. The molecule has 5 heteroatoms. The Balaban J connectivity index is 1.83. The van der Waals surface area contributed by atoms with Gasteiger partial charge in [-0.2, -0.15) is 0 Å². The maximum Gasteiger partial charge on any atom is 0.254 e. The van der Waals surface area contributed by atoms with E-state index < -0.39 is 11.9 Å². The summed E-state index contributed by atoms with van der Waals surface area (Å²) in [5.74, 6) is -0.699. The number of aryl methyl sites for hydroxylation is 1. The molecule has 3 rings (SSSR count).